The van der Waals surface area contributed by atoms with Gasteiger partial charge in [-0.05, 0) is 23.8 Å². The summed E-state index contributed by atoms with van der Waals surface area (Å²) in [5, 5.41) is 0. The molecule has 15 heavy (non-hydrogen) atoms. The summed E-state index contributed by atoms with van der Waals surface area (Å²) in [4.78, 5) is 13.6. The number of fused-ring (bicyclic) bond motifs is 1. The van der Waals surface area contributed by atoms with Crippen LogP contribution >= 0.6 is 15.9 Å². The molecule has 1 atom stereocenters. The fourth-order valence-corrected chi connectivity index (χ4v) is 2.45. The standard InChI is InChI=1S/C11H13BrN2O/c1-14-9-3-2-8(12)4-7(9)5-10(14)11(15)6-13/h2-4,10H,5-6,13H2,1H3. The maximum atomic E-state index is 11.6. The Morgan fingerprint density at radius 3 is 3.07 bits per heavy atom. The number of benzene rings is 1. The van der Waals surface area contributed by atoms with Gasteiger partial charge in [-0.1, -0.05) is 15.9 Å². The molecule has 80 valence electrons. The third kappa shape index (κ3) is 1.79. The van der Waals surface area contributed by atoms with Crippen LogP contribution in [0.4, 0.5) is 5.69 Å². The summed E-state index contributed by atoms with van der Waals surface area (Å²) < 4.78 is 1.05. The third-order valence-electron chi connectivity index (χ3n) is 2.88. The normalized spacial score (nSPS) is 19.1. The summed E-state index contributed by atoms with van der Waals surface area (Å²) in [5.74, 6) is 0.102. The number of hydrogen-bond donors (Lipinski definition) is 1. The van der Waals surface area contributed by atoms with Crippen LogP contribution in [0.1, 0.15) is 5.56 Å². The first-order valence-electron chi connectivity index (χ1n) is 4.87. The van der Waals surface area contributed by atoms with Gasteiger partial charge in [0.2, 0.25) is 0 Å². The Morgan fingerprint density at radius 1 is 1.67 bits per heavy atom. The molecule has 1 aliphatic heterocycles. The second-order valence-corrected chi connectivity index (χ2v) is 4.69. The van der Waals surface area contributed by atoms with Crippen molar-refractivity contribution >= 4 is 27.4 Å². The zero-order chi connectivity index (χ0) is 11.0. The summed E-state index contributed by atoms with van der Waals surface area (Å²) >= 11 is 3.43. The Labute approximate surface area is 97.4 Å². The van der Waals surface area contributed by atoms with Gasteiger partial charge in [-0.15, -0.1) is 0 Å². The monoisotopic (exact) mass is 268 g/mol. The number of carbonyl (C=O) groups excluding carboxylic acids is 1. The van der Waals surface area contributed by atoms with Crippen LogP contribution in [0.25, 0.3) is 0 Å². The fourth-order valence-electron chi connectivity index (χ4n) is 2.04. The van der Waals surface area contributed by atoms with Crippen LogP contribution in [-0.4, -0.2) is 25.4 Å². The van der Waals surface area contributed by atoms with Crippen LogP contribution in [0.2, 0.25) is 0 Å². The predicted octanol–water partition coefficient (Wildman–Crippen LogP) is 1.34. The van der Waals surface area contributed by atoms with Gasteiger partial charge in [-0.2, -0.15) is 0 Å². The number of likely N-dealkylation sites (N-methyl/N-ethyl adjacent to an activating group) is 1. The van der Waals surface area contributed by atoms with Gasteiger partial charge in [0.15, 0.2) is 5.78 Å². The minimum Gasteiger partial charge on any atom is -0.364 e. The lowest BCUT2D eigenvalue weighted by Crippen LogP contribution is -2.39. The number of Topliss-reactive ketones (excluding diaryl/α,β-unsaturated/α-hetero) is 1. The third-order valence-corrected chi connectivity index (χ3v) is 3.37. The number of hydrogen-bond acceptors (Lipinski definition) is 3. The van der Waals surface area contributed by atoms with E-state index in [9.17, 15) is 4.79 Å². The van der Waals surface area contributed by atoms with Gasteiger partial charge in [0.05, 0.1) is 12.6 Å². The lowest BCUT2D eigenvalue weighted by Gasteiger charge is -2.20. The van der Waals surface area contributed by atoms with Gasteiger partial charge >= 0.3 is 0 Å². The highest BCUT2D eigenvalue weighted by molar-refractivity contribution is 9.10. The number of nitrogens with two attached hydrogens (primary N) is 1. The van der Waals surface area contributed by atoms with Crippen molar-refractivity contribution in [3.63, 3.8) is 0 Å². The minimum absolute atomic E-state index is 0.0840. The molecule has 0 saturated carbocycles. The van der Waals surface area contributed by atoms with E-state index in [0.717, 1.165) is 16.6 Å². The molecule has 2 rings (SSSR count). The topological polar surface area (TPSA) is 46.3 Å². The van der Waals surface area contributed by atoms with Crippen molar-refractivity contribution in [3.8, 4) is 0 Å². The largest absolute Gasteiger partial charge is 0.364 e. The Kier molecular flexibility index (Phi) is 2.80. The number of ketones is 1. The summed E-state index contributed by atoms with van der Waals surface area (Å²) in [6.45, 7) is 0.115. The molecule has 0 radical (unpaired) electrons. The maximum Gasteiger partial charge on any atom is 0.169 e. The smallest absolute Gasteiger partial charge is 0.169 e. The lowest BCUT2D eigenvalue weighted by molar-refractivity contribution is -0.118. The van der Waals surface area contributed by atoms with Gasteiger partial charge in [-0.25, -0.2) is 0 Å². The van der Waals surface area contributed by atoms with Crippen molar-refractivity contribution in [1.29, 1.82) is 0 Å². The van der Waals surface area contributed by atoms with E-state index < -0.39 is 0 Å². The molecule has 0 spiro atoms. The number of anilines is 1. The highest BCUT2D eigenvalue weighted by atomic mass is 79.9. The zero-order valence-corrected chi connectivity index (χ0v) is 10.1. The van der Waals surface area contributed by atoms with Gasteiger partial charge in [0, 0.05) is 23.6 Å². The van der Waals surface area contributed by atoms with Crippen LogP contribution in [0.3, 0.4) is 0 Å². The Morgan fingerprint density at radius 2 is 2.40 bits per heavy atom. The molecule has 3 nitrogen and oxygen atoms in total. The van der Waals surface area contributed by atoms with Crippen LogP contribution in [0.5, 0.6) is 0 Å². The van der Waals surface area contributed by atoms with E-state index in [-0.39, 0.29) is 18.4 Å². The van der Waals surface area contributed by atoms with Crippen LogP contribution in [-0.2, 0) is 11.2 Å². The average Bonchev–Trinajstić information content (AvgIpc) is 2.54. The van der Waals surface area contributed by atoms with Crippen molar-refractivity contribution in [2.24, 2.45) is 5.73 Å². The summed E-state index contributed by atoms with van der Waals surface area (Å²) in [6, 6.07) is 6.00. The molecule has 2 N–H and O–H groups in total. The second kappa shape index (κ2) is 3.94. The van der Waals surface area contributed by atoms with Crippen LogP contribution < -0.4 is 10.6 Å². The number of carbonyl (C=O) groups is 1. The number of nitrogens with zero attached hydrogens (tertiary/aromatic N) is 1. The van der Waals surface area contributed by atoms with Crippen molar-refractivity contribution in [3.05, 3.63) is 28.2 Å². The van der Waals surface area contributed by atoms with Crippen molar-refractivity contribution in [2.45, 2.75) is 12.5 Å². The Hall–Kier alpha value is -0.870. The average molecular weight is 269 g/mol. The predicted molar refractivity (Wildman–Crippen MR) is 64.1 cm³/mol. The first kappa shape index (κ1) is 10.6. The molecule has 0 aromatic heterocycles. The minimum atomic E-state index is -0.0840. The molecule has 0 amide bonds. The SMILES string of the molecule is CN1c2ccc(Br)cc2CC1C(=O)CN. The van der Waals surface area contributed by atoms with E-state index in [1.807, 2.05) is 24.1 Å². The van der Waals surface area contributed by atoms with Gasteiger partial charge in [0.1, 0.15) is 0 Å². The molecular weight excluding hydrogens is 256 g/mol. The van der Waals surface area contributed by atoms with Crippen LogP contribution in [0, 0.1) is 0 Å². The maximum absolute atomic E-state index is 11.6. The quantitative estimate of drug-likeness (QED) is 0.881. The number of halogens is 1. The molecule has 0 aliphatic carbocycles. The van der Waals surface area contributed by atoms with E-state index in [4.69, 9.17) is 5.73 Å². The van der Waals surface area contributed by atoms with Gasteiger partial charge in [0.25, 0.3) is 0 Å². The Balaban J connectivity index is 2.32. The highest BCUT2D eigenvalue weighted by Crippen LogP contribution is 2.33. The number of rotatable bonds is 2. The molecular formula is C11H13BrN2O. The van der Waals surface area contributed by atoms with Crippen LogP contribution in [0.15, 0.2) is 22.7 Å². The second-order valence-electron chi connectivity index (χ2n) is 3.77. The first-order chi connectivity index (χ1) is 7.13. The van der Waals surface area contributed by atoms with E-state index >= 15 is 0 Å². The van der Waals surface area contributed by atoms with Crippen molar-refractivity contribution in [2.75, 3.05) is 18.5 Å². The highest BCUT2D eigenvalue weighted by Gasteiger charge is 2.30. The molecule has 4 heteroatoms. The molecule has 1 heterocycles. The van der Waals surface area contributed by atoms with E-state index in [2.05, 4.69) is 22.0 Å². The molecule has 1 aliphatic rings. The summed E-state index contributed by atoms with van der Waals surface area (Å²) in [7, 11) is 1.94. The lowest BCUT2D eigenvalue weighted by atomic mass is 10.1. The van der Waals surface area contributed by atoms with Gasteiger partial charge in [-0.3, -0.25) is 4.79 Å². The van der Waals surface area contributed by atoms with Gasteiger partial charge < -0.3 is 10.6 Å². The summed E-state index contributed by atoms with van der Waals surface area (Å²) in [5.41, 5.74) is 7.73. The first-order valence-corrected chi connectivity index (χ1v) is 5.67. The molecule has 0 fully saturated rings. The molecule has 0 bridgehead atoms. The van der Waals surface area contributed by atoms with Crippen molar-refractivity contribution in [1.82, 2.24) is 0 Å². The van der Waals surface area contributed by atoms with E-state index in [0.29, 0.717) is 0 Å². The molecule has 1 aromatic carbocycles. The zero-order valence-electron chi connectivity index (χ0n) is 8.53. The van der Waals surface area contributed by atoms with Crippen molar-refractivity contribution < 1.29 is 4.79 Å². The fraction of sp³-hybridized carbons (Fsp3) is 0.364. The van der Waals surface area contributed by atoms with E-state index in [1.165, 1.54) is 5.56 Å². The molecule has 1 unspecified atom stereocenters. The molecule has 0 saturated heterocycles. The molecule has 1 aromatic rings. The van der Waals surface area contributed by atoms with E-state index in [1.54, 1.807) is 0 Å². The Bertz CT molecular complexity index is 406. The summed E-state index contributed by atoms with van der Waals surface area (Å²) in [6.07, 6.45) is 0.765.